The van der Waals surface area contributed by atoms with Crippen LogP contribution in [0.4, 0.5) is 11.4 Å². The smallest absolute Gasteiger partial charge is 0.269 e. The van der Waals surface area contributed by atoms with E-state index in [0.29, 0.717) is 22.8 Å². The van der Waals surface area contributed by atoms with Gasteiger partial charge in [0.25, 0.3) is 5.69 Å². The lowest BCUT2D eigenvalue weighted by Gasteiger charge is -2.09. The van der Waals surface area contributed by atoms with Gasteiger partial charge in [0.15, 0.2) is 0 Å². The van der Waals surface area contributed by atoms with Crippen LogP contribution in [-0.2, 0) is 11.3 Å². The van der Waals surface area contributed by atoms with E-state index >= 15 is 0 Å². The first-order valence-electron chi connectivity index (χ1n) is 7.04. The van der Waals surface area contributed by atoms with Gasteiger partial charge in [0.1, 0.15) is 0 Å². The van der Waals surface area contributed by atoms with Crippen LogP contribution in [0.15, 0.2) is 18.2 Å². The van der Waals surface area contributed by atoms with E-state index in [1.165, 1.54) is 18.2 Å². The molecule has 1 heterocycles. The number of nitrogens with zero attached hydrogens (tertiary/aromatic N) is 3. The highest BCUT2D eigenvalue weighted by molar-refractivity contribution is 6.31. The number of hydrogen-bond donors (Lipinski definition) is 1. The largest absolute Gasteiger partial charge is 0.326 e. The highest BCUT2D eigenvalue weighted by Gasteiger charge is 2.12. The average molecular weight is 337 g/mol. The second-order valence-corrected chi connectivity index (χ2v) is 5.64. The van der Waals surface area contributed by atoms with Crippen LogP contribution in [0.2, 0.25) is 5.02 Å². The van der Waals surface area contributed by atoms with Crippen molar-refractivity contribution in [1.82, 2.24) is 9.78 Å². The molecular formula is C15H17ClN4O3. The number of amides is 1. The minimum absolute atomic E-state index is 0.00205. The van der Waals surface area contributed by atoms with Crippen LogP contribution in [0.25, 0.3) is 0 Å². The Labute approximate surface area is 138 Å². The van der Waals surface area contributed by atoms with E-state index in [2.05, 4.69) is 10.4 Å². The zero-order valence-corrected chi connectivity index (χ0v) is 13.8. The molecule has 0 aliphatic heterocycles. The molecule has 7 nitrogen and oxygen atoms in total. The Balaban J connectivity index is 2.00. The van der Waals surface area contributed by atoms with Crippen molar-refractivity contribution in [3.63, 3.8) is 0 Å². The van der Waals surface area contributed by atoms with Gasteiger partial charge in [-0.1, -0.05) is 11.6 Å². The van der Waals surface area contributed by atoms with Crippen LogP contribution >= 0.6 is 11.6 Å². The van der Waals surface area contributed by atoms with Gasteiger partial charge in [-0.3, -0.25) is 19.6 Å². The standard InChI is InChI=1S/C15H17ClN4O3/c1-9-8-12(20(22)23)4-5-13(9)17-14(21)6-7-19-11(3)15(16)10(2)18-19/h4-5,8H,6-7H2,1-3H3,(H,17,21). The third kappa shape index (κ3) is 3.87. The van der Waals surface area contributed by atoms with Crippen LogP contribution in [0.1, 0.15) is 23.4 Å². The number of aryl methyl sites for hydroxylation is 3. The van der Waals surface area contributed by atoms with Gasteiger partial charge < -0.3 is 5.32 Å². The average Bonchev–Trinajstić information content (AvgIpc) is 2.74. The van der Waals surface area contributed by atoms with Gasteiger partial charge in [0.05, 0.1) is 27.9 Å². The summed E-state index contributed by atoms with van der Waals surface area (Å²) in [7, 11) is 0. The van der Waals surface area contributed by atoms with E-state index in [0.717, 1.165) is 11.4 Å². The predicted molar refractivity (Wildman–Crippen MR) is 87.8 cm³/mol. The maximum Gasteiger partial charge on any atom is 0.269 e. The summed E-state index contributed by atoms with van der Waals surface area (Å²) in [6, 6.07) is 4.32. The lowest BCUT2D eigenvalue weighted by molar-refractivity contribution is -0.384. The Morgan fingerprint density at radius 2 is 2.09 bits per heavy atom. The summed E-state index contributed by atoms with van der Waals surface area (Å²) in [5, 5.41) is 18.3. The number of rotatable bonds is 5. The van der Waals surface area contributed by atoms with Crippen molar-refractivity contribution in [2.75, 3.05) is 5.32 Å². The maximum atomic E-state index is 12.0. The van der Waals surface area contributed by atoms with Crippen molar-refractivity contribution in [2.45, 2.75) is 33.7 Å². The van der Waals surface area contributed by atoms with Crippen LogP contribution in [0.5, 0.6) is 0 Å². The fourth-order valence-corrected chi connectivity index (χ4v) is 2.35. The summed E-state index contributed by atoms with van der Waals surface area (Å²) in [4.78, 5) is 22.3. The quantitative estimate of drug-likeness (QED) is 0.669. The molecule has 0 aliphatic rings. The summed E-state index contributed by atoms with van der Waals surface area (Å²) < 4.78 is 1.69. The summed E-state index contributed by atoms with van der Waals surface area (Å²) in [6.45, 7) is 5.79. The third-order valence-electron chi connectivity index (χ3n) is 3.54. The summed E-state index contributed by atoms with van der Waals surface area (Å²) >= 11 is 6.07. The molecule has 1 N–H and O–H groups in total. The number of benzene rings is 1. The van der Waals surface area contributed by atoms with Crippen molar-refractivity contribution in [2.24, 2.45) is 0 Å². The number of halogens is 1. The Kier molecular flexibility index (Phi) is 5.00. The van der Waals surface area contributed by atoms with Crippen molar-refractivity contribution in [1.29, 1.82) is 0 Å². The van der Waals surface area contributed by atoms with E-state index in [9.17, 15) is 14.9 Å². The van der Waals surface area contributed by atoms with Gasteiger partial charge >= 0.3 is 0 Å². The molecule has 0 bridgehead atoms. The molecule has 23 heavy (non-hydrogen) atoms. The lowest BCUT2D eigenvalue weighted by Crippen LogP contribution is -2.16. The fourth-order valence-electron chi connectivity index (χ4n) is 2.21. The fraction of sp³-hybridized carbons (Fsp3) is 0.333. The number of non-ortho nitro benzene ring substituents is 1. The Morgan fingerprint density at radius 3 is 2.61 bits per heavy atom. The van der Waals surface area contributed by atoms with Crippen LogP contribution in [0.3, 0.4) is 0 Å². The highest BCUT2D eigenvalue weighted by atomic mass is 35.5. The Hall–Kier alpha value is -2.41. The van der Waals surface area contributed by atoms with Crippen molar-refractivity contribution >= 4 is 28.9 Å². The van der Waals surface area contributed by atoms with Gasteiger partial charge in [-0.15, -0.1) is 0 Å². The Morgan fingerprint density at radius 1 is 1.39 bits per heavy atom. The van der Waals surface area contributed by atoms with E-state index in [4.69, 9.17) is 11.6 Å². The van der Waals surface area contributed by atoms with Crippen LogP contribution in [-0.4, -0.2) is 20.6 Å². The maximum absolute atomic E-state index is 12.0. The Bertz CT molecular complexity index is 770. The molecule has 1 aromatic heterocycles. The first-order chi connectivity index (χ1) is 10.8. The molecule has 0 spiro atoms. The normalized spacial score (nSPS) is 10.6. The van der Waals surface area contributed by atoms with E-state index in [1.807, 2.05) is 13.8 Å². The molecule has 1 amide bonds. The SMILES string of the molecule is Cc1cc([N+](=O)[O-])ccc1NC(=O)CCn1nc(C)c(Cl)c1C. The molecule has 0 saturated carbocycles. The number of carbonyl (C=O) groups excluding carboxylic acids is 1. The zero-order chi connectivity index (χ0) is 17.1. The molecule has 0 saturated heterocycles. The molecule has 0 atom stereocenters. The molecule has 0 radical (unpaired) electrons. The minimum atomic E-state index is -0.467. The highest BCUT2D eigenvalue weighted by Crippen LogP contribution is 2.22. The molecule has 2 aromatic rings. The van der Waals surface area contributed by atoms with Gasteiger partial charge in [-0.25, -0.2) is 0 Å². The molecule has 122 valence electrons. The van der Waals surface area contributed by atoms with E-state index in [1.54, 1.807) is 11.6 Å². The first kappa shape index (κ1) is 17.0. The summed E-state index contributed by atoms with van der Waals surface area (Å²) in [5.41, 5.74) is 2.76. The topological polar surface area (TPSA) is 90.1 Å². The summed E-state index contributed by atoms with van der Waals surface area (Å²) in [6.07, 6.45) is 0.231. The van der Waals surface area contributed by atoms with Gasteiger partial charge in [-0.05, 0) is 32.4 Å². The monoisotopic (exact) mass is 336 g/mol. The molecule has 0 fully saturated rings. The van der Waals surface area contributed by atoms with Gasteiger partial charge in [-0.2, -0.15) is 5.10 Å². The second-order valence-electron chi connectivity index (χ2n) is 5.26. The molecule has 1 aromatic carbocycles. The lowest BCUT2D eigenvalue weighted by atomic mass is 10.1. The number of carbonyl (C=O) groups is 1. The number of anilines is 1. The number of nitro benzene ring substituents is 1. The van der Waals surface area contributed by atoms with Gasteiger partial charge in [0, 0.05) is 24.2 Å². The molecule has 8 heteroatoms. The zero-order valence-electron chi connectivity index (χ0n) is 13.1. The van der Waals surface area contributed by atoms with E-state index < -0.39 is 4.92 Å². The molecular weight excluding hydrogens is 320 g/mol. The van der Waals surface area contributed by atoms with E-state index in [-0.39, 0.29) is 18.0 Å². The first-order valence-corrected chi connectivity index (χ1v) is 7.41. The second kappa shape index (κ2) is 6.78. The number of nitro groups is 1. The number of aromatic nitrogens is 2. The van der Waals surface area contributed by atoms with Gasteiger partial charge in [0.2, 0.25) is 5.91 Å². The summed E-state index contributed by atoms with van der Waals surface area (Å²) in [5.74, 6) is -0.189. The molecule has 0 unspecified atom stereocenters. The number of hydrogen-bond acceptors (Lipinski definition) is 4. The van der Waals surface area contributed by atoms with Crippen molar-refractivity contribution in [3.8, 4) is 0 Å². The van der Waals surface area contributed by atoms with Crippen LogP contribution < -0.4 is 5.32 Å². The minimum Gasteiger partial charge on any atom is -0.326 e. The van der Waals surface area contributed by atoms with Crippen molar-refractivity contribution in [3.05, 3.63) is 50.3 Å². The number of nitrogens with one attached hydrogen (secondary N) is 1. The molecule has 2 rings (SSSR count). The predicted octanol–water partition coefficient (Wildman–Crippen LogP) is 3.40. The van der Waals surface area contributed by atoms with Crippen LogP contribution in [0, 0.1) is 30.9 Å². The van der Waals surface area contributed by atoms with Crippen molar-refractivity contribution < 1.29 is 9.72 Å². The third-order valence-corrected chi connectivity index (χ3v) is 4.09. The molecule has 0 aliphatic carbocycles.